The van der Waals surface area contributed by atoms with Crippen LogP contribution >= 0.6 is 11.8 Å². The molecule has 1 rings (SSSR count). The SMILES string of the molecule is CC(C)C(O)CNC1CCCSC1. The zero-order valence-electron chi connectivity index (χ0n) is 8.62. The van der Waals surface area contributed by atoms with Crippen molar-refractivity contribution in [3.05, 3.63) is 0 Å². The molecule has 0 aromatic heterocycles. The van der Waals surface area contributed by atoms with Crippen molar-refractivity contribution in [2.24, 2.45) is 5.92 Å². The lowest BCUT2D eigenvalue weighted by Crippen LogP contribution is -2.40. The minimum atomic E-state index is -0.188. The van der Waals surface area contributed by atoms with Gasteiger partial charge in [0.15, 0.2) is 0 Å². The first kappa shape index (κ1) is 11.3. The van der Waals surface area contributed by atoms with Crippen LogP contribution in [0.25, 0.3) is 0 Å². The first-order valence-corrected chi connectivity index (χ1v) is 6.35. The van der Waals surface area contributed by atoms with Crippen molar-refractivity contribution in [2.75, 3.05) is 18.1 Å². The smallest absolute Gasteiger partial charge is 0.0687 e. The molecular formula is C10H21NOS. The summed E-state index contributed by atoms with van der Waals surface area (Å²) in [5, 5.41) is 13.0. The Bertz CT molecular complexity index is 135. The largest absolute Gasteiger partial charge is 0.392 e. The van der Waals surface area contributed by atoms with Crippen LogP contribution in [0.5, 0.6) is 0 Å². The summed E-state index contributed by atoms with van der Waals surface area (Å²) in [5.74, 6) is 2.89. The maximum atomic E-state index is 9.59. The van der Waals surface area contributed by atoms with E-state index in [1.807, 2.05) is 11.8 Å². The molecule has 1 aliphatic rings. The quantitative estimate of drug-likeness (QED) is 0.726. The minimum Gasteiger partial charge on any atom is -0.392 e. The normalized spacial score (nSPS) is 26.3. The van der Waals surface area contributed by atoms with Gasteiger partial charge < -0.3 is 10.4 Å². The van der Waals surface area contributed by atoms with E-state index in [0.29, 0.717) is 12.0 Å². The van der Waals surface area contributed by atoms with E-state index in [-0.39, 0.29) is 6.10 Å². The van der Waals surface area contributed by atoms with Crippen LogP contribution in [-0.4, -0.2) is 35.3 Å². The molecule has 0 bridgehead atoms. The number of aliphatic hydroxyl groups excluding tert-OH is 1. The molecule has 1 heterocycles. The van der Waals surface area contributed by atoms with Crippen molar-refractivity contribution in [1.29, 1.82) is 0 Å². The minimum absolute atomic E-state index is 0.188. The monoisotopic (exact) mass is 203 g/mol. The Kier molecular flexibility index (Phi) is 5.14. The van der Waals surface area contributed by atoms with Crippen LogP contribution in [0.15, 0.2) is 0 Å². The lowest BCUT2D eigenvalue weighted by atomic mass is 10.1. The van der Waals surface area contributed by atoms with Gasteiger partial charge in [-0.15, -0.1) is 0 Å². The van der Waals surface area contributed by atoms with E-state index in [2.05, 4.69) is 19.2 Å². The van der Waals surface area contributed by atoms with Crippen molar-refractivity contribution < 1.29 is 5.11 Å². The molecule has 0 aromatic carbocycles. The molecule has 2 atom stereocenters. The van der Waals surface area contributed by atoms with Gasteiger partial charge in [-0.3, -0.25) is 0 Å². The summed E-state index contributed by atoms with van der Waals surface area (Å²) in [6, 6.07) is 0.632. The molecule has 0 spiro atoms. The third-order valence-electron chi connectivity index (χ3n) is 2.55. The summed E-state index contributed by atoms with van der Waals surface area (Å²) in [4.78, 5) is 0. The Hall–Kier alpha value is 0.270. The molecule has 0 saturated carbocycles. The van der Waals surface area contributed by atoms with E-state index in [1.54, 1.807) is 0 Å². The summed E-state index contributed by atoms with van der Waals surface area (Å²) in [6.07, 6.45) is 2.41. The average Bonchev–Trinajstić information content (AvgIpc) is 2.15. The first-order valence-electron chi connectivity index (χ1n) is 5.19. The molecule has 0 aliphatic carbocycles. The zero-order valence-corrected chi connectivity index (χ0v) is 9.44. The molecule has 1 fully saturated rings. The maximum absolute atomic E-state index is 9.59. The first-order chi connectivity index (χ1) is 6.20. The van der Waals surface area contributed by atoms with Gasteiger partial charge in [-0.25, -0.2) is 0 Å². The van der Waals surface area contributed by atoms with Gasteiger partial charge in [0.05, 0.1) is 6.10 Å². The number of hydrogen-bond donors (Lipinski definition) is 2. The number of hydrogen-bond acceptors (Lipinski definition) is 3. The number of aliphatic hydroxyl groups is 1. The van der Waals surface area contributed by atoms with Crippen molar-refractivity contribution in [2.45, 2.75) is 38.8 Å². The molecule has 1 aliphatic heterocycles. The van der Waals surface area contributed by atoms with Crippen LogP contribution in [0.1, 0.15) is 26.7 Å². The number of rotatable bonds is 4. The maximum Gasteiger partial charge on any atom is 0.0687 e. The fraction of sp³-hybridized carbons (Fsp3) is 1.00. The molecule has 2 nitrogen and oxygen atoms in total. The fourth-order valence-corrected chi connectivity index (χ4v) is 2.53. The van der Waals surface area contributed by atoms with Gasteiger partial charge in [0.2, 0.25) is 0 Å². The molecule has 0 radical (unpaired) electrons. The molecule has 0 amide bonds. The van der Waals surface area contributed by atoms with Gasteiger partial charge in [-0.05, 0) is 24.5 Å². The van der Waals surface area contributed by atoms with Gasteiger partial charge in [0.25, 0.3) is 0 Å². The Labute approximate surface area is 85.5 Å². The van der Waals surface area contributed by atoms with Crippen molar-refractivity contribution >= 4 is 11.8 Å². The van der Waals surface area contributed by atoms with E-state index in [1.165, 1.54) is 24.3 Å². The highest BCUT2D eigenvalue weighted by molar-refractivity contribution is 7.99. The topological polar surface area (TPSA) is 32.3 Å². The molecule has 2 N–H and O–H groups in total. The number of thioether (sulfide) groups is 1. The molecule has 78 valence electrons. The lowest BCUT2D eigenvalue weighted by molar-refractivity contribution is 0.120. The summed E-state index contributed by atoms with van der Waals surface area (Å²) in [6.45, 7) is 4.87. The number of nitrogens with one attached hydrogen (secondary N) is 1. The Morgan fingerprint density at radius 1 is 1.54 bits per heavy atom. The van der Waals surface area contributed by atoms with Gasteiger partial charge >= 0.3 is 0 Å². The zero-order chi connectivity index (χ0) is 9.68. The average molecular weight is 203 g/mol. The van der Waals surface area contributed by atoms with Crippen LogP contribution in [0.2, 0.25) is 0 Å². The summed E-state index contributed by atoms with van der Waals surface area (Å²) >= 11 is 2.02. The van der Waals surface area contributed by atoms with E-state index >= 15 is 0 Å². The third-order valence-corrected chi connectivity index (χ3v) is 3.76. The molecule has 0 aromatic rings. The summed E-state index contributed by atoms with van der Waals surface area (Å²) < 4.78 is 0. The van der Waals surface area contributed by atoms with E-state index < -0.39 is 0 Å². The lowest BCUT2D eigenvalue weighted by Gasteiger charge is -2.24. The van der Waals surface area contributed by atoms with Crippen LogP contribution in [0.3, 0.4) is 0 Å². The van der Waals surface area contributed by atoms with Crippen LogP contribution in [-0.2, 0) is 0 Å². The Balaban J connectivity index is 2.10. The fourth-order valence-electron chi connectivity index (χ4n) is 1.42. The van der Waals surface area contributed by atoms with Crippen LogP contribution in [0, 0.1) is 5.92 Å². The molecule has 13 heavy (non-hydrogen) atoms. The predicted octanol–water partition coefficient (Wildman–Crippen LogP) is 1.49. The predicted molar refractivity (Wildman–Crippen MR) is 59.2 cm³/mol. The summed E-state index contributed by atoms with van der Waals surface area (Å²) in [7, 11) is 0. The highest BCUT2D eigenvalue weighted by atomic mass is 32.2. The Morgan fingerprint density at radius 3 is 2.85 bits per heavy atom. The second kappa shape index (κ2) is 5.89. The van der Waals surface area contributed by atoms with Gasteiger partial charge in [-0.2, -0.15) is 11.8 Å². The highest BCUT2D eigenvalue weighted by Crippen LogP contribution is 2.16. The van der Waals surface area contributed by atoms with Gasteiger partial charge in [-0.1, -0.05) is 13.8 Å². The molecule has 3 heteroatoms. The third kappa shape index (κ3) is 4.34. The van der Waals surface area contributed by atoms with E-state index in [4.69, 9.17) is 0 Å². The van der Waals surface area contributed by atoms with Gasteiger partial charge in [0, 0.05) is 18.3 Å². The molecule has 2 unspecified atom stereocenters. The Morgan fingerprint density at radius 2 is 2.31 bits per heavy atom. The summed E-state index contributed by atoms with van der Waals surface area (Å²) in [5.41, 5.74) is 0. The van der Waals surface area contributed by atoms with E-state index in [0.717, 1.165) is 6.54 Å². The van der Waals surface area contributed by atoms with Crippen LogP contribution in [0.4, 0.5) is 0 Å². The molecular weight excluding hydrogens is 182 g/mol. The standard InChI is InChI=1S/C10H21NOS/c1-8(2)10(12)6-11-9-4-3-5-13-7-9/h8-12H,3-7H2,1-2H3. The van der Waals surface area contributed by atoms with Crippen molar-refractivity contribution in [3.8, 4) is 0 Å². The van der Waals surface area contributed by atoms with Crippen molar-refractivity contribution in [3.63, 3.8) is 0 Å². The molecule has 1 saturated heterocycles. The van der Waals surface area contributed by atoms with Gasteiger partial charge in [0.1, 0.15) is 0 Å². The van der Waals surface area contributed by atoms with Crippen molar-refractivity contribution in [1.82, 2.24) is 5.32 Å². The van der Waals surface area contributed by atoms with E-state index in [9.17, 15) is 5.11 Å². The second-order valence-corrected chi connectivity index (χ2v) is 5.28. The van der Waals surface area contributed by atoms with Crippen LogP contribution < -0.4 is 5.32 Å². The highest BCUT2D eigenvalue weighted by Gasteiger charge is 2.15. The second-order valence-electron chi connectivity index (χ2n) is 4.13.